The van der Waals surface area contributed by atoms with Gasteiger partial charge in [0.1, 0.15) is 0 Å². The molecule has 2 heterocycles. The summed E-state index contributed by atoms with van der Waals surface area (Å²) in [6, 6.07) is 9.84. The van der Waals surface area contributed by atoms with Gasteiger partial charge in [-0.25, -0.2) is 0 Å². The number of halogens is 1. The van der Waals surface area contributed by atoms with E-state index in [4.69, 9.17) is 11.6 Å². The lowest BCUT2D eigenvalue weighted by atomic mass is 10.1. The molecule has 0 saturated carbocycles. The molecular weight excluding hydrogens is 284 g/mol. The van der Waals surface area contributed by atoms with Crippen LogP contribution < -0.4 is 5.32 Å². The molecule has 21 heavy (non-hydrogen) atoms. The molecule has 106 valence electrons. The Kier molecular flexibility index (Phi) is 3.88. The molecule has 0 aliphatic rings. The number of rotatable bonds is 4. The molecule has 2 N–H and O–H groups in total. The first kappa shape index (κ1) is 13.6. The van der Waals surface area contributed by atoms with E-state index in [1.807, 2.05) is 49.6 Å². The third kappa shape index (κ3) is 3.06. The second-order valence-corrected chi connectivity index (χ2v) is 5.26. The predicted molar refractivity (Wildman–Crippen MR) is 85.3 cm³/mol. The minimum absolute atomic E-state index is 0.643. The Morgan fingerprint density at radius 3 is 2.95 bits per heavy atom. The van der Waals surface area contributed by atoms with E-state index in [1.165, 1.54) is 5.56 Å². The average Bonchev–Trinajstić information content (AvgIpc) is 2.97. The Hall–Kier alpha value is -2.33. The first-order valence-corrected chi connectivity index (χ1v) is 7.04. The number of hydrogen-bond donors (Lipinski definition) is 2. The summed E-state index contributed by atoms with van der Waals surface area (Å²) in [4.78, 5) is 4.14. The van der Waals surface area contributed by atoms with Crippen molar-refractivity contribution < 1.29 is 0 Å². The number of benzene rings is 1. The molecule has 2 aromatic heterocycles. The lowest BCUT2D eigenvalue weighted by Crippen LogP contribution is -2.01. The first-order chi connectivity index (χ1) is 10.2. The van der Waals surface area contributed by atoms with Gasteiger partial charge in [0.2, 0.25) is 0 Å². The number of pyridine rings is 1. The Balaban J connectivity index is 1.81. The van der Waals surface area contributed by atoms with Crippen LogP contribution in [0.4, 0.5) is 5.69 Å². The molecule has 1 aromatic carbocycles. The lowest BCUT2D eigenvalue weighted by Gasteiger charge is -2.09. The van der Waals surface area contributed by atoms with Crippen LogP contribution in [-0.4, -0.2) is 15.2 Å². The molecule has 0 bridgehead atoms. The van der Waals surface area contributed by atoms with Gasteiger partial charge in [0, 0.05) is 30.1 Å². The van der Waals surface area contributed by atoms with Crippen molar-refractivity contribution in [1.29, 1.82) is 0 Å². The van der Waals surface area contributed by atoms with Gasteiger partial charge in [-0.15, -0.1) is 0 Å². The maximum atomic E-state index is 6.20. The fourth-order valence-electron chi connectivity index (χ4n) is 2.17. The Morgan fingerprint density at radius 2 is 2.14 bits per heavy atom. The molecule has 0 aliphatic heterocycles. The summed E-state index contributed by atoms with van der Waals surface area (Å²) in [5.41, 5.74) is 5.15. The van der Waals surface area contributed by atoms with E-state index in [0.717, 1.165) is 22.5 Å². The van der Waals surface area contributed by atoms with E-state index in [9.17, 15) is 0 Å². The third-order valence-electron chi connectivity index (χ3n) is 3.26. The summed E-state index contributed by atoms with van der Waals surface area (Å²) in [7, 11) is 0. The summed E-state index contributed by atoms with van der Waals surface area (Å²) >= 11 is 6.20. The number of anilines is 1. The maximum Gasteiger partial charge on any atom is 0.0715 e. The van der Waals surface area contributed by atoms with Crippen molar-refractivity contribution in [2.24, 2.45) is 0 Å². The van der Waals surface area contributed by atoms with Gasteiger partial charge in [0.25, 0.3) is 0 Å². The van der Waals surface area contributed by atoms with Crippen LogP contribution in [-0.2, 0) is 6.54 Å². The molecule has 0 fully saturated rings. The van der Waals surface area contributed by atoms with Crippen LogP contribution in [0.1, 0.15) is 11.1 Å². The van der Waals surface area contributed by atoms with Gasteiger partial charge in [0.15, 0.2) is 0 Å². The summed E-state index contributed by atoms with van der Waals surface area (Å²) in [6.07, 6.45) is 5.39. The van der Waals surface area contributed by atoms with Gasteiger partial charge in [-0.2, -0.15) is 5.10 Å². The molecule has 3 aromatic rings. The Bertz CT molecular complexity index is 737. The van der Waals surface area contributed by atoms with Gasteiger partial charge >= 0.3 is 0 Å². The topological polar surface area (TPSA) is 53.6 Å². The average molecular weight is 299 g/mol. The molecule has 4 nitrogen and oxygen atoms in total. The largest absolute Gasteiger partial charge is 0.380 e. The summed E-state index contributed by atoms with van der Waals surface area (Å²) in [5.74, 6) is 0. The first-order valence-electron chi connectivity index (χ1n) is 6.67. The van der Waals surface area contributed by atoms with E-state index in [1.54, 1.807) is 6.20 Å². The minimum Gasteiger partial charge on any atom is -0.380 e. The van der Waals surface area contributed by atoms with Crippen molar-refractivity contribution in [3.05, 3.63) is 65.1 Å². The summed E-state index contributed by atoms with van der Waals surface area (Å²) in [5, 5.41) is 11.2. The van der Waals surface area contributed by atoms with Gasteiger partial charge in [-0.1, -0.05) is 17.7 Å². The van der Waals surface area contributed by atoms with Crippen LogP contribution in [0.5, 0.6) is 0 Å². The van der Waals surface area contributed by atoms with Crippen molar-refractivity contribution in [2.45, 2.75) is 13.5 Å². The maximum absolute atomic E-state index is 6.20. The van der Waals surface area contributed by atoms with Gasteiger partial charge in [0.05, 0.1) is 22.6 Å². The number of nitrogens with one attached hydrogen (secondary N) is 2. The molecule has 3 rings (SSSR count). The standard InChI is InChI=1S/C16H15ClN4/c1-11-4-5-14(17)15(7-11)19-9-13-10-20-21-16(13)12-3-2-6-18-8-12/h2-8,10,19H,9H2,1H3,(H,20,21). The fraction of sp³-hybridized carbons (Fsp3) is 0.125. The Labute approximate surface area is 128 Å². The number of H-pyrrole nitrogens is 1. The molecular formula is C16H15ClN4. The van der Waals surface area contributed by atoms with Crippen molar-refractivity contribution in [3.63, 3.8) is 0 Å². The number of nitrogens with zero attached hydrogens (tertiary/aromatic N) is 2. The van der Waals surface area contributed by atoms with Crippen molar-refractivity contribution in [1.82, 2.24) is 15.2 Å². The van der Waals surface area contributed by atoms with E-state index in [0.29, 0.717) is 11.6 Å². The van der Waals surface area contributed by atoms with Crippen molar-refractivity contribution >= 4 is 17.3 Å². The minimum atomic E-state index is 0.643. The summed E-state index contributed by atoms with van der Waals surface area (Å²) in [6.45, 7) is 2.68. The fourth-order valence-corrected chi connectivity index (χ4v) is 2.36. The smallest absolute Gasteiger partial charge is 0.0715 e. The predicted octanol–water partition coefficient (Wildman–Crippen LogP) is 4.05. The highest BCUT2D eigenvalue weighted by molar-refractivity contribution is 6.33. The highest BCUT2D eigenvalue weighted by Gasteiger charge is 2.08. The molecule has 0 amide bonds. The molecule has 0 aliphatic carbocycles. The quantitative estimate of drug-likeness (QED) is 0.764. The molecule has 0 unspecified atom stereocenters. The zero-order chi connectivity index (χ0) is 14.7. The SMILES string of the molecule is Cc1ccc(Cl)c(NCc2cn[nH]c2-c2cccnc2)c1. The highest BCUT2D eigenvalue weighted by atomic mass is 35.5. The zero-order valence-corrected chi connectivity index (χ0v) is 12.4. The van der Waals surface area contributed by atoms with Crippen LogP contribution in [0.2, 0.25) is 5.02 Å². The van der Waals surface area contributed by atoms with Crippen molar-refractivity contribution in [2.75, 3.05) is 5.32 Å². The van der Waals surface area contributed by atoms with Gasteiger partial charge in [-0.05, 0) is 36.8 Å². The van der Waals surface area contributed by atoms with E-state index < -0.39 is 0 Å². The molecule has 0 spiro atoms. The number of aromatic amines is 1. The van der Waals surface area contributed by atoms with Crippen LogP contribution >= 0.6 is 11.6 Å². The van der Waals surface area contributed by atoms with E-state index in [2.05, 4.69) is 20.5 Å². The number of aromatic nitrogens is 3. The molecule has 0 radical (unpaired) electrons. The second-order valence-electron chi connectivity index (χ2n) is 4.85. The van der Waals surface area contributed by atoms with Crippen LogP contribution in [0.25, 0.3) is 11.3 Å². The van der Waals surface area contributed by atoms with Crippen LogP contribution in [0.15, 0.2) is 48.9 Å². The van der Waals surface area contributed by atoms with Gasteiger partial charge < -0.3 is 5.32 Å². The monoisotopic (exact) mass is 298 g/mol. The zero-order valence-electron chi connectivity index (χ0n) is 11.6. The summed E-state index contributed by atoms with van der Waals surface area (Å²) < 4.78 is 0. The van der Waals surface area contributed by atoms with Crippen LogP contribution in [0.3, 0.4) is 0 Å². The molecule has 0 saturated heterocycles. The number of hydrogen-bond acceptors (Lipinski definition) is 3. The van der Waals surface area contributed by atoms with Crippen molar-refractivity contribution in [3.8, 4) is 11.3 Å². The Morgan fingerprint density at radius 1 is 1.24 bits per heavy atom. The molecule has 5 heteroatoms. The molecule has 0 atom stereocenters. The van der Waals surface area contributed by atoms with E-state index in [-0.39, 0.29) is 0 Å². The van der Waals surface area contributed by atoms with Crippen LogP contribution in [0, 0.1) is 6.92 Å². The lowest BCUT2D eigenvalue weighted by molar-refractivity contribution is 1.09. The second kappa shape index (κ2) is 5.97. The number of aryl methyl sites for hydroxylation is 1. The van der Waals surface area contributed by atoms with Gasteiger partial charge in [-0.3, -0.25) is 10.1 Å². The normalized spacial score (nSPS) is 10.6. The third-order valence-corrected chi connectivity index (χ3v) is 3.59. The highest BCUT2D eigenvalue weighted by Crippen LogP contribution is 2.25. The van der Waals surface area contributed by atoms with E-state index >= 15 is 0 Å².